The minimum absolute atomic E-state index is 0.514. The number of hydrogen-bond acceptors (Lipinski definition) is 1. The molecular weight excluding hydrogens is 306 g/mol. The van der Waals surface area contributed by atoms with Crippen molar-refractivity contribution in [3.63, 3.8) is 0 Å². The van der Waals surface area contributed by atoms with Crippen molar-refractivity contribution in [1.29, 1.82) is 0 Å². The van der Waals surface area contributed by atoms with E-state index < -0.39 is 0 Å². The molecule has 0 aliphatic heterocycles. The molecule has 25 heavy (non-hydrogen) atoms. The summed E-state index contributed by atoms with van der Waals surface area (Å²) in [4.78, 5) is 5.11. The van der Waals surface area contributed by atoms with Crippen LogP contribution in [0.15, 0.2) is 17.1 Å². The van der Waals surface area contributed by atoms with Crippen molar-refractivity contribution in [1.82, 2.24) is 5.32 Å². The SMILES string of the molecule is C=C1C2CC3CC(C2)C(NC(N)=NC2C4CC5CC(C4)CC2C5)C1C3. The van der Waals surface area contributed by atoms with E-state index in [1.807, 2.05) is 0 Å². The highest BCUT2D eigenvalue weighted by Crippen LogP contribution is 2.56. The molecule has 0 spiro atoms. The first-order valence-corrected chi connectivity index (χ1v) is 10.9. The third-order valence-electron chi connectivity index (χ3n) is 9.15. The maximum atomic E-state index is 6.49. The van der Waals surface area contributed by atoms with Gasteiger partial charge in [0, 0.05) is 12.0 Å². The molecule has 0 heterocycles. The predicted molar refractivity (Wildman–Crippen MR) is 101 cm³/mol. The average molecular weight is 340 g/mol. The summed E-state index contributed by atoms with van der Waals surface area (Å²) < 4.78 is 0. The fourth-order valence-corrected chi connectivity index (χ4v) is 8.49. The quantitative estimate of drug-likeness (QED) is 0.458. The van der Waals surface area contributed by atoms with Crippen LogP contribution in [0.2, 0.25) is 0 Å². The van der Waals surface area contributed by atoms with Gasteiger partial charge in [0.1, 0.15) is 0 Å². The molecule has 8 aliphatic carbocycles. The lowest BCUT2D eigenvalue weighted by Gasteiger charge is -2.56. The minimum Gasteiger partial charge on any atom is -0.370 e. The van der Waals surface area contributed by atoms with Crippen LogP contribution < -0.4 is 11.1 Å². The second-order valence-corrected chi connectivity index (χ2v) is 10.6. The molecular formula is C22H33N3. The van der Waals surface area contributed by atoms with E-state index in [1.165, 1.54) is 63.4 Å². The maximum Gasteiger partial charge on any atom is 0.189 e. The van der Waals surface area contributed by atoms with Gasteiger partial charge in [0.2, 0.25) is 0 Å². The highest BCUT2D eigenvalue weighted by Gasteiger charge is 2.51. The number of guanidine groups is 1. The van der Waals surface area contributed by atoms with Crippen molar-refractivity contribution in [2.45, 2.75) is 69.9 Å². The topological polar surface area (TPSA) is 50.4 Å². The lowest BCUT2D eigenvalue weighted by atomic mass is 9.52. The van der Waals surface area contributed by atoms with Crippen molar-refractivity contribution in [2.75, 3.05) is 0 Å². The van der Waals surface area contributed by atoms with Crippen LogP contribution in [0, 0.1) is 47.3 Å². The van der Waals surface area contributed by atoms with E-state index in [0.717, 1.165) is 47.4 Å². The van der Waals surface area contributed by atoms with Crippen LogP contribution in [0.3, 0.4) is 0 Å². The summed E-state index contributed by atoms with van der Waals surface area (Å²) in [5.41, 5.74) is 8.01. The summed E-state index contributed by atoms with van der Waals surface area (Å²) in [6.45, 7) is 4.47. The second kappa shape index (κ2) is 5.27. The number of aliphatic imine (C=N–C) groups is 1. The van der Waals surface area contributed by atoms with Gasteiger partial charge in [-0.05, 0) is 99.2 Å². The number of nitrogens with zero attached hydrogens (tertiary/aromatic N) is 1. The number of rotatable bonds is 2. The Morgan fingerprint density at radius 3 is 2.20 bits per heavy atom. The van der Waals surface area contributed by atoms with E-state index in [0.29, 0.717) is 18.0 Å². The van der Waals surface area contributed by atoms with E-state index >= 15 is 0 Å². The normalized spacial score (nSPS) is 55.8. The summed E-state index contributed by atoms with van der Waals surface area (Å²) in [7, 11) is 0. The molecule has 8 aliphatic rings. The van der Waals surface area contributed by atoms with Crippen LogP contribution in [0.4, 0.5) is 0 Å². The van der Waals surface area contributed by atoms with Crippen LogP contribution in [0.1, 0.15) is 57.8 Å². The monoisotopic (exact) mass is 339 g/mol. The largest absolute Gasteiger partial charge is 0.370 e. The summed E-state index contributed by atoms with van der Waals surface area (Å²) in [6, 6.07) is 1.03. The zero-order valence-electron chi connectivity index (χ0n) is 15.4. The first kappa shape index (κ1) is 15.1. The van der Waals surface area contributed by atoms with Gasteiger partial charge in [-0.3, -0.25) is 0 Å². The summed E-state index contributed by atoms with van der Waals surface area (Å²) in [6.07, 6.45) is 12.7. The Bertz CT molecular complexity index is 595. The van der Waals surface area contributed by atoms with Gasteiger partial charge in [-0.15, -0.1) is 0 Å². The molecule has 3 nitrogen and oxygen atoms in total. The van der Waals surface area contributed by atoms with E-state index in [1.54, 1.807) is 0 Å². The molecule has 8 rings (SSSR count). The fraction of sp³-hybridized carbons (Fsp3) is 0.864. The molecule has 3 N–H and O–H groups in total. The van der Waals surface area contributed by atoms with E-state index in [4.69, 9.17) is 10.7 Å². The highest BCUT2D eigenvalue weighted by atomic mass is 15.1. The van der Waals surface area contributed by atoms with Gasteiger partial charge in [-0.2, -0.15) is 0 Å². The third-order valence-corrected chi connectivity index (χ3v) is 9.15. The Kier molecular flexibility index (Phi) is 3.18. The Balaban J connectivity index is 1.20. The van der Waals surface area contributed by atoms with E-state index in [-0.39, 0.29) is 0 Å². The zero-order valence-corrected chi connectivity index (χ0v) is 15.4. The predicted octanol–water partition coefficient (Wildman–Crippen LogP) is 3.71. The van der Waals surface area contributed by atoms with Gasteiger partial charge < -0.3 is 11.1 Å². The second-order valence-electron chi connectivity index (χ2n) is 10.6. The lowest BCUT2D eigenvalue weighted by molar-refractivity contribution is 0.000813. The van der Waals surface area contributed by atoms with E-state index in [9.17, 15) is 0 Å². The Morgan fingerprint density at radius 2 is 1.48 bits per heavy atom. The van der Waals surface area contributed by atoms with Gasteiger partial charge in [0.25, 0.3) is 0 Å². The average Bonchev–Trinajstić information content (AvgIpc) is 2.57. The van der Waals surface area contributed by atoms with Crippen LogP contribution in [0.5, 0.6) is 0 Å². The Labute approximate surface area is 151 Å². The molecule has 0 amide bonds. The molecule has 5 atom stereocenters. The Hall–Kier alpha value is -0.990. The lowest BCUT2D eigenvalue weighted by Crippen LogP contribution is -2.58. The van der Waals surface area contributed by atoms with Crippen LogP contribution in [0.25, 0.3) is 0 Å². The molecule has 0 aromatic heterocycles. The molecule has 0 aromatic carbocycles. The minimum atomic E-state index is 0.514. The summed E-state index contributed by atoms with van der Waals surface area (Å²) >= 11 is 0. The molecule has 136 valence electrons. The molecule has 0 saturated heterocycles. The van der Waals surface area contributed by atoms with Crippen molar-refractivity contribution < 1.29 is 0 Å². The number of nitrogens with two attached hydrogens (primary N) is 1. The number of nitrogens with one attached hydrogen (secondary N) is 1. The van der Waals surface area contributed by atoms with Crippen molar-refractivity contribution in [2.24, 2.45) is 58.1 Å². The smallest absolute Gasteiger partial charge is 0.189 e. The first-order valence-electron chi connectivity index (χ1n) is 10.9. The molecule has 0 aromatic rings. The molecule has 8 fully saturated rings. The summed E-state index contributed by atoms with van der Waals surface area (Å²) in [5.74, 6) is 7.65. The van der Waals surface area contributed by atoms with Gasteiger partial charge >= 0.3 is 0 Å². The summed E-state index contributed by atoms with van der Waals surface area (Å²) in [5, 5.41) is 3.72. The van der Waals surface area contributed by atoms with Crippen molar-refractivity contribution >= 4 is 5.96 Å². The van der Waals surface area contributed by atoms with Crippen LogP contribution in [-0.2, 0) is 0 Å². The van der Waals surface area contributed by atoms with Gasteiger partial charge in [0.05, 0.1) is 6.04 Å². The third kappa shape index (κ3) is 2.26. The van der Waals surface area contributed by atoms with Gasteiger partial charge in [-0.1, -0.05) is 12.2 Å². The van der Waals surface area contributed by atoms with E-state index in [2.05, 4.69) is 11.9 Å². The van der Waals surface area contributed by atoms with Crippen LogP contribution in [-0.4, -0.2) is 18.0 Å². The van der Waals surface area contributed by atoms with Gasteiger partial charge in [-0.25, -0.2) is 4.99 Å². The zero-order chi connectivity index (χ0) is 16.7. The highest BCUT2D eigenvalue weighted by molar-refractivity contribution is 5.78. The molecule has 3 heteroatoms. The fourth-order valence-electron chi connectivity index (χ4n) is 8.49. The molecule has 8 saturated carbocycles. The van der Waals surface area contributed by atoms with Gasteiger partial charge in [0.15, 0.2) is 5.96 Å². The van der Waals surface area contributed by atoms with Crippen molar-refractivity contribution in [3.8, 4) is 0 Å². The number of hydrogen-bond donors (Lipinski definition) is 2. The maximum absolute atomic E-state index is 6.49. The standard InChI is InChI=1S/C22H33N3/c1-11-15-3-14-8-18(10-15)21(19(11)9-14)25-22(23)24-20-16-4-12-2-13(6-16)7-17(20)5-12/h12-21H,1-10H2,(H3,23,24,25). The molecule has 0 radical (unpaired) electrons. The van der Waals surface area contributed by atoms with Crippen molar-refractivity contribution in [3.05, 3.63) is 12.2 Å². The molecule has 8 bridgehead atoms. The first-order chi connectivity index (χ1) is 12.1. The Morgan fingerprint density at radius 1 is 0.840 bits per heavy atom. The van der Waals surface area contributed by atoms with Crippen LogP contribution >= 0.6 is 0 Å². The molecule has 5 unspecified atom stereocenters.